The van der Waals surface area contributed by atoms with Crippen molar-refractivity contribution in [2.75, 3.05) is 13.1 Å². The quantitative estimate of drug-likeness (QED) is 0.450. The molecule has 2 N–H and O–H groups in total. The number of carbonyl (C=O) groups is 2. The van der Waals surface area contributed by atoms with Crippen molar-refractivity contribution in [2.45, 2.75) is 91.5 Å². The van der Waals surface area contributed by atoms with Crippen molar-refractivity contribution in [2.24, 2.45) is 5.92 Å². The molecule has 23 heavy (non-hydrogen) atoms. The Bertz CT molecular complexity index is 314. The molecule has 0 aliphatic heterocycles. The summed E-state index contributed by atoms with van der Waals surface area (Å²) >= 11 is 0. The van der Waals surface area contributed by atoms with Crippen LogP contribution in [0.1, 0.15) is 85.5 Å². The number of carbonyl (C=O) groups excluding carboxylic acids is 2. The fourth-order valence-corrected chi connectivity index (χ4v) is 2.36. The van der Waals surface area contributed by atoms with Crippen molar-refractivity contribution in [1.82, 2.24) is 10.6 Å². The molecule has 0 spiro atoms. The van der Waals surface area contributed by atoms with Crippen LogP contribution in [-0.2, 0) is 9.59 Å². The molecule has 0 saturated heterocycles. The summed E-state index contributed by atoms with van der Waals surface area (Å²) in [5, 5.41) is 6.39. The largest absolute Gasteiger partial charge is 0.356 e. The van der Waals surface area contributed by atoms with Crippen LogP contribution in [0.3, 0.4) is 0 Å². The highest BCUT2D eigenvalue weighted by molar-refractivity contribution is 5.80. The third-order valence-electron chi connectivity index (χ3n) is 3.95. The first-order chi connectivity index (χ1) is 10.9. The van der Waals surface area contributed by atoms with Crippen LogP contribution in [-0.4, -0.2) is 30.8 Å². The molecule has 4 heteroatoms. The standard InChI is InChI=1S/C19H38N2O2/c1-16(2)18(22)12-8-5-6-9-13-19(23)21-15-11-7-10-14-20-17(3)4/h16-17,20H,5-15H2,1-4H3,(H,21,23). The first-order valence-electron chi connectivity index (χ1n) is 9.46. The number of hydrogen-bond acceptors (Lipinski definition) is 3. The molecule has 0 aliphatic rings. The minimum Gasteiger partial charge on any atom is -0.356 e. The Hall–Kier alpha value is -0.900. The molecule has 4 nitrogen and oxygen atoms in total. The highest BCUT2D eigenvalue weighted by Gasteiger charge is 2.06. The molecule has 0 radical (unpaired) electrons. The van der Waals surface area contributed by atoms with Crippen molar-refractivity contribution < 1.29 is 9.59 Å². The van der Waals surface area contributed by atoms with E-state index in [1.807, 2.05) is 13.8 Å². The maximum atomic E-state index is 11.7. The molecule has 0 heterocycles. The van der Waals surface area contributed by atoms with E-state index in [-0.39, 0.29) is 11.8 Å². The predicted octanol–water partition coefficient (Wildman–Crippen LogP) is 3.84. The average molecular weight is 327 g/mol. The Morgan fingerprint density at radius 1 is 0.739 bits per heavy atom. The normalized spacial score (nSPS) is 11.2. The minimum atomic E-state index is 0.155. The van der Waals surface area contributed by atoms with Gasteiger partial charge in [0.2, 0.25) is 5.91 Å². The lowest BCUT2D eigenvalue weighted by molar-refractivity contribution is -0.122. The molecule has 136 valence electrons. The summed E-state index contributed by atoms with van der Waals surface area (Å²) in [4.78, 5) is 23.1. The zero-order chi connectivity index (χ0) is 17.5. The fraction of sp³-hybridized carbons (Fsp3) is 0.895. The molecule has 0 rings (SSSR count). The van der Waals surface area contributed by atoms with Gasteiger partial charge in [0.15, 0.2) is 0 Å². The molecule has 0 aromatic carbocycles. The van der Waals surface area contributed by atoms with E-state index >= 15 is 0 Å². The van der Waals surface area contributed by atoms with Crippen molar-refractivity contribution in [3.63, 3.8) is 0 Å². The Kier molecular flexibility index (Phi) is 14.1. The van der Waals surface area contributed by atoms with Gasteiger partial charge in [-0.1, -0.05) is 47.0 Å². The van der Waals surface area contributed by atoms with Crippen molar-refractivity contribution in [3.8, 4) is 0 Å². The third-order valence-corrected chi connectivity index (χ3v) is 3.95. The van der Waals surface area contributed by atoms with Crippen molar-refractivity contribution >= 4 is 11.7 Å². The lowest BCUT2D eigenvalue weighted by Gasteiger charge is -2.08. The number of rotatable bonds is 15. The van der Waals surface area contributed by atoms with Crippen LogP contribution in [0.15, 0.2) is 0 Å². The molecule has 0 aromatic heterocycles. The van der Waals surface area contributed by atoms with Crippen LogP contribution < -0.4 is 10.6 Å². The van der Waals surface area contributed by atoms with E-state index in [1.54, 1.807) is 0 Å². The first kappa shape index (κ1) is 22.1. The van der Waals surface area contributed by atoms with Gasteiger partial charge < -0.3 is 10.6 Å². The van der Waals surface area contributed by atoms with Crippen molar-refractivity contribution in [3.05, 3.63) is 0 Å². The molecule has 0 fully saturated rings. The van der Waals surface area contributed by atoms with Gasteiger partial charge >= 0.3 is 0 Å². The van der Waals surface area contributed by atoms with Gasteiger partial charge in [-0.3, -0.25) is 9.59 Å². The summed E-state index contributed by atoms with van der Waals surface area (Å²) in [6, 6.07) is 0.554. The topological polar surface area (TPSA) is 58.2 Å². The van der Waals surface area contributed by atoms with Crippen LogP contribution in [0.25, 0.3) is 0 Å². The Morgan fingerprint density at radius 3 is 1.91 bits per heavy atom. The maximum absolute atomic E-state index is 11.7. The van der Waals surface area contributed by atoms with Gasteiger partial charge in [0.1, 0.15) is 5.78 Å². The molecule has 1 amide bonds. The van der Waals surface area contributed by atoms with E-state index in [4.69, 9.17) is 0 Å². The number of hydrogen-bond donors (Lipinski definition) is 2. The van der Waals surface area contributed by atoms with Gasteiger partial charge in [-0.2, -0.15) is 0 Å². The summed E-state index contributed by atoms with van der Waals surface area (Å²) in [5.41, 5.74) is 0. The monoisotopic (exact) mass is 326 g/mol. The molecular formula is C19H38N2O2. The van der Waals surface area contributed by atoms with E-state index in [0.717, 1.165) is 51.6 Å². The van der Waals surface area contributed by atoms with E-state index in [2.05, 4.69) is 24.5 Å². The zero-order valence-corrected chi connectivity index (χ0v) is 15.7. The fourth-order valence-electron chi connectivity index (χ4n) is 2.36. The highest BCUT2D eigenvalue weighted by Crippen LogP contribution is 2.08. The number of ketones is 1. The van der Waals surface area contributed by atoms with E-state index in [0.29, 0.717) is 24.7 Å². The lowest BCUT2D eigenvalue weighted by Crippen LogP contribution is -2.25. The summed E-state index contributed by atoms with van der Waals surface area (Å²) in [6.45, 7) is 10.1. The van der Waals surface area contributed by atoms with Gasteiger partial charge in [0, 0.05) is 31.3 Å². The number of unbranched alkanes of at least 4 members (excludes halogenated alkanes) is 5. The summed E-state index contributed by atoms with van der Waals surface area (Å²) in [6.07, 6.45) is 8.68. The van der Waals surface area contributed by atoms with Crippen LogP contribution in [0.2, 0.25) is 0 Å². The molecular weight excluding hydrogens is 288 g/mol. The second-order valence-corrected chi connectivity index (χ2v) is 7.05. The van der Waals surface area contributed by atoms with Gasteiger partial charge in [-0.15, -0.1) is 0 Å². The molecule has 0 aromatic rings. The number of Topliss-reactive ketones (excluding diaryl/α,β-unsaturated/α-hetero) is 1. The average Bonchev–Trinajstić information content (AvgIpc) is 2.49. The maximum Gasteiger partial charge on any atom is 0.219 e. The summed E-state index contributed by atoms with van der Waals surface area (Å²) in [5.74, 6) is 0.678. The molecule has 0 bridgehead atoms. The molecule has 0 atom stereocenters. The first-order valence-corrected chi connectivity index (χ1v) is 9.46. The second kappa shape index (κ2) is 14.7. The molecule has 0 aliphatic carbocycles. The zero-order valence-electron chi connectivity index (χ0n) is 15.7. The van der Waals surface area contributed by atoms with Gasteiger partial charge in [-0.05, 0) is 32.2 Å². The van der Waals surface area contributed by atoms with E-state index in [9.17, 15) is 9.59 Å². The smallest absolute Gasteiger partial charge is 0.219 e. The third kappa shape index (κ3) is 15.8. The SMILES string of the molecule is CC(C)NCCCCCNC(=O)CCCCCCC(=O)C(C)C. The predicted molar refractivity (Wildman–Crippen MR) is 97.5 cm³/mol. The van der Waals surface area contributed by atoms with Crippen LogP contribution in [0.4, 0.5) is 0 Å². The Labute approximate surface area is 143 Å². The number of nitrogens with one attached hydrogen (secondary N) is 2. The Balaban J connectivity index is 3.30. The molecule has 0 unspecified atom stereocenters. The van der Waals surface area contributed by atoms with Gasteiger partial charge in [0.25, 0.3) is 0 Å². The Morgan fingerprint density at radius 2 is 1.30 bits per heavy atom. The molecule has 0 saturated carbocycles. The van der Waals surface area contributed by atoms with Gasteiger partial charge in [-0.25, -0.2) is 0 Å². The van der Waals surface area contributed by atoms with E-state index in [1.165, 1.54) is 6.42 Å². The van der Waals surface area contributed by atoms with E-state index < -0.39 is 0 Å². The van der Waals surface area contributed by atoms with Crippen LogP contribution in [0.5, 0.6) is 0 Å². The van der Waals surface area contributed by atoms with Gasteiger partial charge in [0.05, 0.1) is 0 Å². The van der Waals surface area contributed by atoms with Crippen LogP contribution >= 0.6 is 0 Å². The number of amides is 1. The highest BCUT2D eigenvalue weighted by atomic mass is 16.1. The minimum absolute atomic E-state index is 0.155. The second-order valence-electron chi connectivity index (χ2n) is 7.05. The summed E-state index contributed by atoms with van der Waals surface area (Å²) in [7, 11) is 0. The van der Waals surface area contributed by atoms with Crippen molar-refractivity contribution in [1.29, 1.82) is 0 Å². The van der Waals surface area contributed by atoms with Crippen LogP contribution in [0, 0.1) is 5.92 Å². The lowest BCUT2D eigenvalue weighted by atomic mass is 10.0. The summed E-state index contributed by atoms with van der Waals surface area (Å²) < 4.78 is 0.